The number of aliphatic hydroxyl groups excluding tert-OH is 1. The molecule has 0 radical (unpaired) electrons. The van der Waals surface area contributed by atoms with E-state index in [2.05, 4.69) is 43.1 Å². The zero-order valence-electron chi connectivity index (χ0n) is 36.7. The number of aromatic nitrogens is 6. The van der Waals surface area contributed by atoms with Crippen LogP contribution in [0.3, 0.4) is 0 Å². The average molecular weight is 1030 g/mol. The Morgan fingerprint density at radius 3 is 1.47 bits per heavy atom. The van der Waals surface area contributed by atoms with E-state index in [0.29, 0.717) is 33.3 Å². The van der Waals surface area contributed by atoms with E-state index in [-0.39, 0.29) is 68.9 Å². The number of H-pyrrole nitrogens is 4. The molecule has 0 amide bonds. The second-order valence-corrected chi connectivity index (χ2v) is 19.3. The van der Waals surface area contributed by atoms with Crippen LogP contribution in [0.5, 0.6) is 0 Å². The first-order chi connectivity index (χ1) is 32.1. The van der Waals surface area contributed by atoms with Crippen LogP contribution in [-0.4, -0.2) is 101 Å². The van der Waals surface area contributed by atoms with Crippen molar-refractivity contribution in [2.24, 2.45) is 0 Å². The van der Waals surface area contributed by atoms with Gasteiger partial charge in [0.25, 0.3) is 11.1 Å². The smallest absolute Gasteiger partial charge is 0.395 e. The van der Waals surface area contributed by atoms with E-state index in [4.69, 9.17) is 25.3 Å². The SMILES string of the molecule is CCOP(=O)(COC[C@@H](c1ccccc1F)c1c[nH]c2c(=O)[nH]c(N)nc12)OCC.CCOP(=O)(COS(=O)(=O)C(F)(F)F)OCC.Nc1nc2c([C@@H](CO)c3ccccc3F)c[nH]c2c(=O)[nH]1. The molecule has 4 heterocycles. The maximum absolute atomic E-state index is 14.6. The predicted octanol–water partition coefficient (Wildman–Crippen LogP) is 6.52. The molecule has 68 heavy (non-hydrogen) atoms. The molecule has 21 nitrogen and oxygen atoms in total. The molecule has 0 spiro atoms. The molecular weight excluding hydrogens is 977 g/mol. The van der Waals surface area contributed by atoms with Gasteiger partial charge in [0.1, 0.15) is 40.0 Å². The maximum Gasteiger partial charge on any atom is 0.523 e. The Balaban J connectivity index is 0.000000234. The lowest BCUT2D eigenvalue weighted by atomic mass is 9.92. The van der Waals surface area contributed by atoms with Crippen LogP contribution >= 0.6 is 15.2 Å². The van der Waals surface area contributed by atoms with Crippen molar-refractivity contribution in [3.8, 4) is 0 Å². The number of aliphatic hydroxyl groups is 1. The Morgan fingerprint density at radius 2 is 1.07 bits per heavy atom. The van der Waals surface area contributed by atoms with Crippen LogP contribution in [0.15, 0.2) is 70.5 Å². The molecule has 2 atom stereocenters. The molecule has 9 N–H and O–H groups in total. The summed E-state index contributed by atoms with van der Waals surface area (Å²) in [4.78, 5) is 42.6. The van der Waals surface area contributed by atoms with Gasteiger partial charge in [-0.1, -0.05) is 36.4 Å². The summed E-state index contributed by atoms with van der Waals surface area (Å²) in [6.45, 7) is 6.04. The third-order valence-electron chi connectivity index (χ3n) is 9.15. The zero-order chi connectivity index (χ0) is 50.5. The molecule has 6 aromatic rings. The van der Waals surface area contributed by atoms with E-state index in [0.717, 1.165) is 0 Å². The maximum atomic E-state index is 14.6. The lowest BCUT2D eigenvalue weighted by molar-refractivity contribution is -0.0534. The molecule has 0 aliphatic heterocycles. The molecule has 4 aromatic heterocycles. The Kier molecular flexibility index (Phi) is 19.7. The molecule has 0 fully saturated rings. The number of alkyl halides is 3. The molecule has 0 aliphatic carbocycles. The third kappa shape index (κ3) is 14.1. The fourth-order valence-corrected chi connectivity index (χ4v) is 9.91. The Bertz CT molecular complexity index is 2930. The van der Waals surface area contributed by atoms with Crippen LogP contribution in [0.4, 0.5) is 33.8 Å². The van der Waals surface area contributed by atoms with Crippen molar-refractivity contribution in [2.75, 3.05) is 63.8 Å². The summed E-state index contributed by atoms with van der Waals surface area (Å²) in [5.74, 6) is -2.24. The van der Waals surface area contributed by atoms with Gasteiger partial charge in [0, 0.05) is 35.4 Å². The van der Waals surface area contributed by atoms with Gasteiger partial charge in [0.2, 0.25) is 11.9 Å². The monoisotopic (exact) mass is 1030 g/mol. The normalized spacial score (nSPS) is 13.1. The van der Waals surface area contributed by atoms with Crippen LogP contribution in [-0.2, 0) is 46.3 Å². The van der Waals surface area contributed by atoms with Crippen LogP contribution in [0.1, 0.15) is 61.8 Å². The second kappa shape index (κ2) is 24.3. The molecule has 0 unspecified atom stereocenters. The van der Waals surface area contributed by atoms with E-state index in [9.17, 15) is 54.2 Å². The number of aromatic amines is 4. The number of anilines is 2. The van der Waals surface area contributed by atoms with Crippen molar-refractivity contribution in [3.63, 3.8) is 0 Å². The van der Waals surface area contributed by atoms with Gasteiger partial charge in [0.05, 0.1) is 39.6 Å². The molecular formula is C39H49F5N8O13P2S. The second-order valence-electron chi connectivity index (χ2n) is 13.7. The van der Waals surface area contributed by atoms with Crippen molar-refractivity contribution in [3.05, 3.63) is 116 Å². The molecule has 0 aliphatic rings. The molecule has 2 aromatic carbocycles. The standard InChI is InChI=1S/C19H24FN4O5P.C14H13FN4O2.C6H12F3O6PS/c1-3-28-30(26,29-4-2)11-27-10-14(12-7-5-6-8-15(12)20)13-9-22-17-16(13)23-19(21)24-18(17)25;15-10-4-2-1-3-7(10)9(6-20)8-5-17-12-11(8)18-14(16)19-13(12)21;1-3-13-16(10,14-4-2)5-15-17(11,12)6(7,8)9/h5-9,14,22H,3-4,10-11H2,1-2H3,(H3,21,23,24,25);1-5,9,17,20H,6H2,(H3,16,18,19,21);3-5H2,1-2H3/t14-;9-;/m00./s1. The summed E-state index contributed by atoms with van der Waals surface area (Å²) < 4.78 is 138. The minimum atomic E-state index is -5.80. The lowest BCUT2D eigenvalue weighted by Gasteiger charge is -2.21. The number of halogens is 5. The number of rotatable bonds is 20. The van der Waals surface area contributed by atoms with Crippen molar-refractivity contribution >= 4 is 59.3 Å². The van der Waals surface area contributed by atoms with Crippen LogP contribution in [0.25, 0.3) is 22.1 Å². The van der Waals surface area contributed by atoms with Crippen molar-refractivity contribution in [1.29, 1.82) is 0 Å². The highest BCUT2D eigenvalue weighted by molar-refractivity contribution is 7.87. The highest BCUT2D eigenvalue weighted by Crippen LogP contribution is 2.49. The van der Waals surface area contributed by atoms with E-state index in [1.165, 1.54) is 26.0 Å². The van der Waals surface area contributed by atoms with Gasteiger partial charge in [-0.05, 0) is 51.0 Å². The van der Waals surface area contributed by atoms with Crippen LogP contribution in [0, 0.1) is 11.6 Å². The number of nitrogens with zero attached hydrogens (tertiary/aromatic N) is 2. The highest BCUT2D eigenvalue weighted by atomic mass is 32.2. The van der Waals surface area contributed by atoms with Gasteiger partial charge in [-0.25, -0.2) is 18.7 Å². The Morgan fingerprint density at radius 1 is 0.676 bits per heavy atom. The predicted molar refractivity (Wildman–Crippen MR) is 239 cm³/mol. The van der Waals surface area contributed by atoms with E-state index in [1.54, 1.807) is 62.6 Å². The molecule has 374 valence electrons. The van der Waals surface area contributed by atoms with E-state index >= 15 is 0 Å². The van der Waals surface area contributed by atoms with Gasteiger partial charge < -0.3 is 49.4 Å². The molecule has 0 bridgehead atoms. The zero-order valence-corrected chi connectivity index (χ0v) is 39.3. The van der Waals surface area contributed by atoms with E-state index < -0.39 is 71.8 Å². The summed E-state index contributed by atoms with van der Waals surface area (Å²) in [6, 6.07) is 12.4. The number of hydrogen-bond donors (Lipinski definition) is 7. The molecule has 29 heteroatoms. The van der Waals surface area contributed by atoms with Crippen molar-refractivity contribution in [2.45, 2.75) is 45.0 Å². The number of hydrogen-bond acceptors (Lipinski definition) is 17. The fraction of sp³-hybridized carbons (Fsp3) is 0.385. The van der Waals surface area contributed by atoms with Crippen molar-refractivity contribution in [1.82, 2.24) is 29.9 Å². The van der Waals surface area contributed by atoms with Gasteiger partial charge >= 0.3 is 30.8 Å². The number of nitrogens with one attached hydrogen (secondary N) is 4. The van der Waals surface area contributed by atoms with Crippen LogP contribution in [0.2, 0.25) is 0 Å². The first-order valence-electron chi connectivity index (χ1n) is 20.2. The topological polar surface area (TPSA) is 319 Å². The van der Waals surface area contributed by atoms with Crippen LogP contribution < -0.4 is 22.6 Å². The number of ether oxygens (including phenoxy) is 1. The summed E-state index contributed by atoms with van der Waals surface area (Å²) >= 11 is 0. The van der Waals surface area contributed by atoms with E-state index in [1.807, 2.05) is 0 Å². The highest BCUT2D eigenvalue weighted by Gasteiger charge is 2.48. The number of fused-ring (bicyclic) bond motifs is 2. The van der Waals surface area contributed by atoms with Gasteiger partial charge in [-0.3, -0.25) is 32.9 Å². The lowest BCUT2D eigenvalue weighted by Crippen LogP contribution is -2.26. The third-order valence-corrected chi connectivity index (χ3v) is 13.9. The van der Waals surface area contributed by atoms with Gasteiger partial charge in [-0.2, -0.15) is 21.6 Å². The first kappa shape index (κ1) is 55.3. The summed E-state index contributed by atoms with van der Waals surface area (Å²) in [7, 11) is -13.2. The molecule has 0 saturated heterocycles. The number of nitrogen functional groups attached to an aromatic ring is 2. The minimum Gasteiger partial charge on any atom is -0.395 e. The van der Waals surface area contributed by atoms with Crippen molar-refractivity contribution < 1.29 is 71.6 Å². The molecule has 6 rings (SSSR count). The number of nitrogens with two attached hydrogens (primary N) is 2. The summed E-state index contributed by atoms with van der Waals surface area (Å²) in [5.41, 5.74) is 7.64. The average Bonchev–Trinajstić information content (AvgIpc) is 3.89. The van der Waals surface area contributed by atoms with Gasteiger partial charge in [0.15, 0.2) is 6.35 Å². The quantitative estimate of drug-likeness (QED) is 0.0185. The largest absolute Gasteiger partial charge is 0.523 e. The van der Waals surface area contributed by atoms with Gasteiger partial charge in [-0.15, -0.1) is 0 Å². The minimum absolute atomic E-state index is 0.0291. The fourth-order valence-electron chi connectivity index (χ4n) is 6.35. The summed E-state index contributed by atoms with van der Waals surface area (Å²) in [6.07, 6.45) is 1.51. The number of benzene rings is 2. The summed E-state index contributed by atoms with van der Waals surface area (Å²) in [5, 5.41) is 9.65. The first-order valence-corrected chi connectivity index (χ1v) is 25.1. The Labute approximate surface area is 384 Å². The molecule has 0 saturated carbocycles. The Hall–Kier alpha value is -5.34.